The molecule has 0 atom stereocenters. The number of amides is 1. The van der Waals surface area contributed by atoms with E-state index in [0.717, 1.165) is 18.5 Å². The number of carbonyl (C=O) groups is 1. The fraction of sp³-hybridized carbons (Fsp3) is 0.267. The Morgan fingerprint density at radius 2 is 2.14 bits per heavy atom. The molecule has 110 valence electrons. The van der Waals surface area contributed by atoms with Gasteiger partial charge in [0.1, 0.15) is 5.69 Å². The van der Waals surface area contributed by atoms with Crippen molar-refractivity contribution >= 4 is 29.1 Å². The fourth-order valence-electron chi connectivity index (χ4n) is 1.72. The smallest absolute Gasteiger partial charge is 0.274 e. The number of aryl methyl sites for hydroxylation is 1. The van der Waals surface area contributed by atoms with Crippen LogP contribution in [0.5, 0.6) is 0 Å². The second kappa shape index (κ2) is 7.04. The zero-order valence-electron chi connectivity index (χ0n) is 12.0. The second-order valence-corrected chi connectivity index (χ2v) is 5.04. The van der Waals surface area contributed by atoms with Crippen LogP contribution in [0, 0.1) is 6.92 Å². The molecule has 0 spiro atoms. The van der Waals surface area contributed by atoms with Gasteiger partial charge in [0, 0.05) is 23.5 Å². The Bertz CT molecular complexity index is 645. The van der Waals surface area contributed by atoms with Gasteiger partial charge in [-0.15, -0.1) is 0 Å². The summed E-state index contributed by atoms with van der Waals surface area (Å²) < 4.78 is 0. The number of rotatable bonds is 5. The van der Waals surface area contributed by atoms with Gasteiger partial charge in [-0.05, 0) is 37.1 Å². The summed E-state index contributed by atoms with van der Waals surface area (Å²) in [5, 5.41) is 6.43. The van der Waals surface area contributed by atoms with Crippen LogP contribution in [-0.2, 0) is 0 Å². The summed E-state index contributed by atoms with van der Waals surface area (Å²) in [6.07, 6.45) is 2.52. The molecule has 2 rings (SSSR count). The van der Waals surface area contributed by atoms with Crippen molar-refractivity contribution in [3.63, 3.8) is 0 Å². The van der Waals surface area contributed by atoms with Crippen LogP contribution < -0.4 is 10.6 Å². The lowest BCUT2D eigenvalue weighted by Gasteiger charge is -2.09. The zero-order valence-corrected chi connectivity index (χ0v) is 12.7. The molecule has 21 heavy (non-hydrogen) atoms. The van der Waals surface area contributed by atoms with E-state index < -0.39 is 0 Å². The molecule has 1 aromatic heterocycles. The Labute approximate surface area is 128 Å². The molecule has 0 aliphatic heterocycles. The summed E-state index contributed by atoms with van der Waals surface area (Å²) in [5.74, 6) is 0.162. The van der Waals surface area contributed by atoms with Crippen molar-refractivity contribution in [3.8, 4) is 0 Å². The maximum absolute atomic E-state index is 12.2. The van der Waals surface area contributed by atoms with E-state index in [2.05, 4.69) is 20.6 Å². The van der Waals surface area contributed by atoms with Gasteiger partial charge in [0.25, 0.3) is 5.91 Å². The quantitative estimate of drug-likeness (QED) is 0.887. The highest BCUT2D eigenvalue weighted by Crippen LogP contribution is 2.20. The highest BCUT2D eigenvalue weighted by molar-refractivity contribution is 6.31. The van der Waals surface area contributed by atoms with E-state index in [1.807, 2.05) is 19.9 Å². The van der Waals surface area contributed by atoms with Crippen LogP contribution in [0.4, 0.5) is 11.6 Å². The number of anilines is 2. The summed E-state index contributed by atoms with van der Waals surface area (Å²) in [4.78, 5) is 20.5. The predicted octanol–water partition coefficient (Wildman–Crippen LogP) is 3.51. The minimum absolute atomic E-state index is 0.290. The number of benzene rings is 1. The van der Waals surface area contributed by atoms with Crippen molar-refractivity contribution in [1.82, 2.24) is 9.97 Å². The summed E-state index contributed by atoms with van der Waals surface area (Å²) in [5.41, 5.74) is 1.92. The third kappa shape index (κ3) is 4.16. The topological polar surface area (TPSA) is 66.9 Å². The average Bonchev–Trinajstić information content (AvgIpc) is 2.49. The van der Waals surface area contributed by atoms with E-state index >= 15 is 0 Å². The highest BCUT2D eigenvalue weighted by atomic mass is 35.5. The highest BCUT2D eigenvalue weighted by Gasteiger charge is 2.10. The van der Waals surface area contributed by atoms with E-state index in [1.165, 1.54) is 0 Å². The number of nitrogens with zero attached hydrogens (tertiary/aromatic N) is 2. The molecule has 6 heteroatoms. The number of hydrogen-bond donors (Lipinski definition) is 2. The van der Waals surface area contributed by atoms with Gasteiger partial charge in [0.05, 0.1) is 0 Å². The van der Waals surface area contributed by atoms with Crippen LogP contribution in [0.3, 0.4) is 0 Å². The van der Waals surface area contributed by atoms with Crippen LogP contribution in [0.25, 0.3) is 0 Å². The van der Waals surface area contributed by atoms with E-state index in [1.54, 1.807) is 24.4 Å². The van der Waals surface area contributed by atoms with Gasteiger partial charge in [-0.2, -0.15) is 0 Å². The van der Waals surface area contributed by atoms with Gasteiger partial charge in [-0.25, -0.2) is 9.97 Å². The van der Waals surface area contributed by atoms with Crippen LogP contribution in [0.1, 0.15) is 29.4 Å². The number of hydrogen-bond acceptors (Lipinski definition) is 4. The molecule has 2 aromatic rings. The summed E-state index contributed by atoms with van der Waals surface area (Å²) in [6.45, 7) is 4.71. The molecule has 1 heterocycles. The Morgan fingerprint density at radius 1 is 1.33 bits per heavy atom. The number of nitrogens with one attached hydrogen (secondary N) is 2. The number of carbonyl (C=O) groups excluding carboxylic acids is 1. The van der Waals surface area contributed by atoms with E-state index in [4.69, 9.17) is 11.6 Å². The molecule has 1 aromatic carbocycles. The first-order chi connectivity index (χ1) is 10.1. The van der Waals surface area contributed by atoms with Crippen molar-refractivity contribution in [2.75, 3.05) is 17.2 Å². The van der Waals surface area contributed by atoms with Gasteiger partial charge >= 0.3 is 0 Å². The lowest BCUT2D eigenvalue weighted by Crippen LogP contribution is -2.16. The van der Waals surface area contributed by atoms with Crippen molar-refractivity contribution in [1.29, 1.82) is 0 Å². The Kier molecular flexibility index (Phi) is 5.11. The van der Waals surface area contributed by atoms with E-state index in [9.17, 15) is 4.79 Å². The number of aromatic nitrogens is 2. The first kappa shape index (κ1) is 15.3. The summed E-state index contributed by atoms with van der Waals surface area (Å²) in [6, 6.07) is 6.93. The molecule has 2 N–H and O–H groups in total. The minimum atomic E-state index is -0.290. The zero-order chi connectivity index (χ0) is 15.2. The maximum Gasteiger partial charge on any atom is 0.274 e. The molecule has 0 saturated carbocycles. The molecule has 0 bridgehead atoms. The first-order valence-corrected chi connectivity index (χ1v) is 7.12. The fourth-order valence-corrected chi connectivity index (χ4v) is 1.89. The molecule has 0 fully saturated rings. The molecular formula is C15H17ClN4O. The van der Waals surface area contributed by atoms with Crippen LogP contribution in [0.15, 0.2) is 30.5 Å². The van der Waals surface area contributed by atoms with E-state index in [-0.39, 0.29) is 5.91 Å². The molecule has 0 saturated heterocycles. The maximum atomic E-state index is 12.2. The minimum Gasteiger partial charge on any atom is -0.354 e. The average molecular weight is 305 g/mol. The molecule has 5 nitrogen and oxygen atoms in total. The molecule has 0 radical (unpaired) electrons. The third-order valence-corrected chi connectivity index (χ3v) is 3.10. The van der Waals surface area contributed by atoms with E-state index in [0.29, 0.717) is 22.4 Å². The van der Waals surface area contributed by atoms with Crippen molar-refractivity contribution < 1.29 is 4.79 Å². The van der Waals surface area contributed by atoms with Crippen molar-refractivity contribution in [3.05, 3.63) is 46.7 Å². The standard InChI is InChI=1S/C15H17ClN4O/c1-3-7-17-15-18-8-6-12(20-15)14(21)19-13-9-11(16)5-4-10(13)2/h4-6,8-9H,3,7H2,1-2H3,(H,19,21)(H,17,18,20). The number of halogens is 1. The predicted molar refractivity (Wildman–Crippen MR) is 85.0 cm³/mol. The first-order valence-electron chi connectivity index (χ1n) is 6.74. The third-order valence-electron chi connectivity index (χ3n) is 2.87. The normalized spacial score (nSPS) is 10.2. The Balaban J connectivity index is 2.14. The van der Waals surface area contributed by atoms with Gasteiger partial charge in [-0.1, -0.05) is 24.6 Å². The van der Waals surface area contributed by atoms with Crippen molar-refractivity contribution in [2.45, 2.75) is 20.3 Å². The Hall–Kier alpha value is -2.14. The molecule has 0 unspecified atom stereocenters. The summed E-state index contributed by atoms with van der Waals surface area (Å²) >= 11 is 5.94. The van der Waals surface area contributed by atoms with Crippen LogP contribution in [-0.4, -0.2) is 22.4 Å². The van der Waals surface area contributed by atoms with Crippen LogP contribution >= 0.6 is 11.6 Å². The lowest BCUT2D eigenvalue weighted by molar-refractivity contribution is 0.102. The monoisotopic (exact) mass is 304 g/mol. The Morgan fingerprint density at radius 3 is 2.90 bits per heavy atom. The van der Waals surface area contributed by atoms with Crippen molar-refractivity contribution in [2.24, 2.45) is 0 Å². The van der Waals surface area contributed by atoms with Gasteiger partial charge in [-0.3, -0.25) is 4.79 Å². The lowest BCUT2D eigenvalue weighted by atomic mass is 10.2. The molecule has 1 amide bonds. The summed E-state index contributed by atoms with van der Waals surface area (Å²) in [7, 11) is 0. The second-order valence-electron chi connectivity index (χ2n) is 4.61. The molecule has 0 aliphatic carbocycles. The van der Waals surface area contributed by atoms with Gasteiger partial charge in [0.2, 0.25) is 5.95 Å². The van der Waals surface area contributed by atoms with Crippen LogP contribution in [0.2, 0.25) is 5.02 Å². The largest absolute Gasteiger partial charge is 0.354 e. The SMILES string of the molecule is CCCNc1nccc(C(=O)Nc2cc(Cl)ccc2C)n1. The van der Waals surface area contributed by atoms with Gasteiger partial charge < -0.3 is 10.6 Å². The molecular weight excluding hydrogens is 288 g/mol. The van der Waals surface area contributed by atoms with Gasteiger partial charge in [0.15, 0.2) is 0 Å². The molecule has 0 aliphatic rings.